The van der Waals surface area contributed by atoms with E-state index in [1.54, 1.807) is 7.05 Å². The molecule has 2 N–H and O–H groups in total. The molecule has 0 aliphatic rings. The molecule has 108 valence electrons. The fourth-order valence-corrected chi connectivity index (χ4v) is 2.73. The summed E-state index contributed by atoms with van der Waals surface area (Å²) in [5.41, 5.74) is 0. The van der Waals surface area contributed by atoms with Gasteiger partial charge in [0.25, 0.3) is 0 Å². The number of ether oxygens (including phenoxy) is 1. The summed E-state index contributed by atoms with van der Waals surface area (Å²) in [7, 11) is -1.91. The fraction of sp³-hybridized carbons (Fsp3) is 0.545. The van der Waals surface area contributed by atoms with Gasteiger partial charge in [-0.1, -0.05) is 11.6 Å². The van der Waals surface area contributed by atoms with Gasteiger partial charge in [-0.25, -0.2) is 18.1 Å². The lowest BCUT2D eigenvalue weighted by atomic mass is 10.4. The zero-order valence-corrected chi connectivity index (χ0v) is 12.5. The van der Waals surface area contributed by atoms with Crippen LogP contribution in [0.25, 0.3) is 0 Å². The highest BCUT2D eigenvalue weighted by Crippen LogP contribution is 2.21. The van der Waals surface area contributed by atoms with Crippen LogP contribution in [0.15, 0.2) is 17.2 Å². The van der Waals surface area contributed by atoms with Crippen molar-refractivity contribution in [1.29, 1.82) is 0 Å². The van der Waals surface area contributed by atoms with Crippen LogP contribution in [0.5, 0.6) is 0 Å². The van der Waals surface area contributed by atoms with E-state index in [0.717, 1.165) is 0 Å². The summed E-state index contributed by atoms with van der Waals surface area (Å²) >= 11 is 5.90. The van der Waals surface area contributed by atoms with E-state index in [9.17, 15) is 8.42 Å². The highest BCUT2D eigenvalue weighted by Gasteiger charge is 2.15. The van der Waals surface area contributed by atoms with Gasteiger partial charge in [0, 0.05) is 33.0 Å². The average molecular weight is 308 g/mol. The number of rotatable bonds is 8. The van der Waals surface area contributed by atoms with E-state index in [1.807, 2.05) is 6.92 Å². The van der Waals surface area contributed by atoms with Crippen molar-refractivity contribution in [2.24, 2.45) is 0 Å². The summed E-state index contributed by atoms with van der Waals surface area (Å²) in [6, 6.07) is 1.37. The average Bonchev–Trinajstić information content (AvgIpc) is 2.38. The van der Waals surface area contributed by atoms with E-state index in [-0.39, 0.29) is 9.92 Å². The standard InChI is InChI=1S/C11H18ClN3O3S/c1-3-18-6-4-5-15-19(16,17)9-7-10(12)11(13-2)14-8-9/h7-8,15H,3-6H2,1-2H3,(H,13,14). The molecule has 0 saturated carbocycles. The SMILES string of the molecule is CCOCCCNS(=O)(=O)c1cnc(NC)c(Cl)c1. The first-order valence-corrected chi connectivity index (χ1v) is 7.78. The summed E-state index contributed by atoms with van der Waals surface area (Å²) in [4.78, 5) is 3.98. The molecule has 0 aromatic carbocycles. The van der Waals surface area contributed by atoms with Crippen LogP contribution in [0.2, 0.25) is 5.02 Å². The van der Waals surface area contributed by atoms with Crippen molar-refractivity contribution in [3.05, 3.63) is 17.3 Å². The number of hydrogen-bond acceptors (Lipinski definition) is 5. The van der Waals surface area contributed by atoms with Crippen molar-refractivity contribution < 1.29 is 13.2 Å². The Labute approximate surface area is 118 Å². The lowest BCUT2D eigenvalue weighted by Gasteiger charge is -2.08. The van der Waals surface area contributed by atoms with Gasteiger partial charge in [-0.2, -0.15) is 0 Å². The van der Waals surface area contributed by atoms with Crippen LogP contribution in [0, 0.1) is 0 Å². The van der Waals surface area contributed by atoms with Gasteiger partial charge in [-0.3, -0.25) is 0 Å². The molecule has 1 aromatic heterocycles. The summed E-state index contributed by atoms with van der Waals surface area (Å²) in [5, 5.41) is 3.03. The number of nitrogens with zero attached hydrogens (tertiary/aromatic N) is 1. The van der Waals surface area contributed by atoms with Gasteiger partial charge in [-0.05, 0) is 19.4 Å². The largest absolute Gasteiger partial charge is 0.382 e. The van der Waals surface area contributed by atoms with Gasteiger partial charge < -0.3 is 10.1 Å². The van der Waals surface area contributed by atoms with Gasteiger partial charge in [-0.15, -0.1) is 0 Å². The third-order valence-electron chi connectivity index (χ3n) is 2.32. The summed E-state index contributed by atoms with van der Waals surface area (Å²) < 4.78 is 31.5. The second-order valence-electron chi connectivity index (χ2n) is 3.70. The number of halogens is 1. The second-order valence-corrected chi connectivity index (χ2v) is 5.87. The van der Waals surface area contributed by atoms with E-state index in [2.05, 4.69) is 15.0 Å². The molecule has 0 atom stereocenters. The Hall–Kier alpha value is -0.890. The number of hydrogen-bond donors (Lipinski definition) is 2. The number of sulfonamides is 1. The molecule has 0 saturated heterocycles. The molecule has 8 heteroatoms. The molecule has 6 nitrogen and oxygen atoms in total. The molecule has 0 bridgehead atoms. The number of pyridine rings is 1. The Balaban J connectivity index is 2.64. The quantitative estimate of drug-likeness (QED) is 0.711. The number of anilines is 1. The van der Waals surface area contributed by atoms with Crippen LogP contribution >= 0.6 is 11.6 Å². The number of aromatic nitrogens is 1. The first-order chi connectivity index (χ1) is 9.01. The second kappa shape index (κ2) is 7.64. The zero-order chi connectivity index (χ0) is 14.3. The smallest absolute Gasteiger partial charge is 0.242 e. The van der Waals surface area contributed by atoms with Crippen molar-refractivity contribution >= 4 is 27.4 Å². The third kappa shape index (κ3) is 4.94. The molecular weight excluding hydrogens is 290 g/mol. The molecule has 0 spiro atoms. The Morgan fingerprint density at radius 1 is 1.47 bits per heavy atom. The Bertz CT molecular complexity index is 508. The molecule has 0 aliphatic carbocycles. The van der Waals surface area contributed by atoms with E-state index < -0.39 is 10.0 Å². The van der Waals surface area contributed by atoms with Crippen LogP contribution in [0.4, 0.5) is 5.82 Å². The molecular formula is C11H18ClN3O3S. The highest BCUT2D eigenvalue weighted by molar-refractivity contribution is 7.89. The molecule has 1 rings (SSSR count). The van der Waals surface area contributed by atoms with Crippen LogP contribution in [-0.4, -0.2) is 40.2 Å². The minimum absolute atomic E-state index is 0.0490. The molecule has 0 fully saturated rings. The summed E-state index contributed by atoms with van der Waals surface area (Å²) in [6.07, 6.45) is 1.88. The Morgan fingerprint density at radius 3 is 2.79 bits per heavy atom. The van der Waals surface area contributed by atoms with Crippen LogP contribution in [-0.2, 0) is 14.8 Å². The lowest BCUT2D eigenvalue weighted by molar-refractivity contribution is 0.146. The topological polar surface area (TPSA) is 80.3 Å². The van der Waals surface area contributed by atoms with E-state index in [1.165, 1.54) is 12.3 Å². The third-order valence-corrected chi connectivity index (χ3v) is 4.04. The molecule has 1 aromatic rings. The van der Waals surface area contributed by atoms with E-state index in [4.69, 9.17) is 16.3 Å². The van der Waals surface area contributed by atoms with Crippen LogP contribution in [0.1, 0.15) is 13.3 Å². The molecule has 19 heavy (non-hydrogen) atoms. The Morgan fingerprint density at radius 2 is 2.21 bits per heavy atom. The molecule has 0 unspecified atom stereocenters. The van der Waals surface area contributed by atoms with Gasteiger partial charge in [0.05, 0.1) is 5.02 Å². The number of nitrogens with one attached hydrogen (secondary N) is 2. The van der Waals surface area contributed by atoms with Gasteiger partial charge in [0.1, 0.15) is 10.7 Å². The predicted octanol–water partition coefficient (Wildman–Crippen LogP) is 1.48. The van der Waals surface area contributed by atoms with Crippen molar-refractivity contribution in [3.63, 3.8) is 0 Å². The molecule has 1 heterocycles. The highest BCUT2D eigenvalue weighted by atomic mass is 35.5. The van der Waals surface area contributed by atoms with Crippen molar-refractivity contribution in [2.75, 3.05) is 32.1 Å². The maximum absolute atomic E-state index is 11.9. The van der Waals surface area contributed by atoms with Crippen molar-refractivity contribution in [3.8, 4) is 0 Å². The van der Waals surface area contributed by atoms with Crippen molar-refractivity contribution in [2.45, 2.75) is 18.2 Å². The van der Waals surface area contributed by atoms with Crippen molar-refractivity contribution in [1.82, 2.24) is 9.71 Å². The first kappa shape index (κ1) is 16.2. The minimum Gasteiger partial charge on any atom is -0.382 e. The maximum Gasteiger partial charge on any atom is 0.242 e. The fourth-order valence-electron chi connectivity index (χ4n) is 1.36. The first-order valence-electron chi connectivity index (χ1n) is 5.92. The molecule has 0 amide bonds. The molecule has 0 radical (unpaired) electrons. The Kier molecular flexibility index (Phi) is 6.50. The lowest BCUT2D eigenvalue weighted by Crippen LogP contribution is -2.25. The van der Waals surface area contributed by atoms with Crippen LogP contribution < -0.4 is 10.0 Å². The zero-order valence-electron chi connectivity index (χ0n) is 10.9. The minimum atomic E-state index is -3.58. The summed E-state index contributed by atoms with van der Waals surface area (Å²) in [6.45, 7) is 3.35. The molecule has 0 aliphatic heterocycles. The van der Waals surface area contributed by atoms with Gasteiger partial charge in [0.2, 0.25) is 10.0 Å². The maximum atomic E-state index is 11.9. The van der Waals surface area contributed by atoms with Crippen LogP contribution in [0.3, 0.4) is 0 Å². The van der Waals surface area contributed by atoms with Gasteiger partial charge >= 0.3 is 0 Å². The van der Waals surface area contributed by atoms with E-state index >= 15 is 0 Å². The summed E-state index contributed by atoms with van der Waals surface area (Å²) in [5.74, 6) is 0.442. The van der Waals surface area contributed by atoms with Gasteiger partial charge in [0.15, 0.2) is 0 Å². The predicted molar refractivity (Wildman–Crippen MR) is 75.1 cm³/mol. The monoisotopic (exact) mass is 307 g/mol. The van der Waals surface area contributed by atoms with E-state index in [0.29, 0.717) is 32.0 Å². The normalized spacial score (nSPS) is 11.5.